The largest absolute Gasteiger partial charge is 0.321 e. The molecule has 2 rings (SSSR count). The van der Waals surface area contributed by atoms with Crippen molar-refractivity contribution in [2.75, 3.05) is 0 Å². The van der Waals surface area contributed by atoms with Gasteiger partial charge in [0.2, 0.25) is 0 Å². The van der Waals surface area contributed by atoms with E-state index >= 15 is 0 Å². The third-order valence-corrected chi connectivity index (χ3v) is 4.51. The van der Waals surface area contributed by atoms with Gasteiger partial charge in [-0.3, -0.25) is 0 Å². The Bertz CT molecular complexity index is 577. The Morgan fingerprint density at radius 3 is 2.42 bits per heavy atom. The topological polar surface area (TPSA) is 38.9 Å². The fourth-order valence-corrected chi connectivity index (χ4v) is 3.32. The maximum Gasteiger partial charge on any atom is 0.123 e. The van der Waals surface area contributed by atoms with Crippen LogP contribution < -0.4 is 5.73 Å². The van der Waals surface area contributed by atoms with Crippen molar-refractivity contribution in [3.05, 3.63) is 40.4 Å². The predicted molar refractivity (Wildman–Crippen MR) is 83.6 cm³/mol. The van der Waals surface area contributed by atoms with Crippen LogP contribution in [-0.2, 0) is 5.54 Å². The molecule has 0 aliphatic heterocycles. The Labute approximate surface area is 119 Å². The van der Waals surface area contributed by atoms with Gasteiger partial charge in [0, 0.05) is 16.0 Å². The van der Waals surface area contributed by atoms with Gasteiger partial charge >= 0.3 is 0 Å². The number of aromatic nitrogens is 1. The zero-order valence-corrected chi connectivity index (χ0v) is 13.1. The number of nitrogens with two attached hydrogens (primary N) is 1. The lowest BCUT2D eigenvalue weighted by atomic mass is 9.98. The Balaban J connectivity index is 2.55. The minimum Gasteiger partial charge on any atom is -0.321 e. The summed E-state index contributed by atoms with van der Waals surface area (Å²) < 4.78 is 0. The fourth-order valence-electron chi connectivity index (χ4n) is 2.09. The molecule has 19 heavy (non-hydrogen) atoms. The van der Waals surface area contributed by atoms with Crippen LogP contribution in [-0.4, -0.2) is 4.98 Å². The van der Waals surface area contributed by atoms with Crippen molar-refractivity contribution in [1.82, 2.24) is 4.98 Å². The molecule has 0 saturated heterocycles. The lowest BCUT2D eigenvalue weighted by Crippen LogP contribution is -2.28. The van der Waals surface area contributed by atoms with Crippen LogP contribution in [0.2, 0.25) is 0 Å². The normalized spacial score (nSPS) is 12.2. The smallest absolute Gasteiger partial charge is 0.123 e. The fraction of sp³-hybridized carbons (Fsp3) is 0.438. The number of nitrogens with zero attached hydrogens (tertiary/aromatic N) is 1. The average molecular weight is 274 g/mol. The maximum absolute atomic E-state index is 6.29. The van der Waals surface area contributed by atoms with Crippen molar-refractivity contribution >= 4 is 11.3 Å². The molecular formula is C16H22N2S. The lowest BCUT2D eigenvalue weighted by molar-refractivity contribution is 0.553. The quantitative estimate of drug-likeness (QED) is 0.899. The second-order valence-corrected chi connectivity index (χ2v) is 6.98. The molecule has 0 radical (unpaired) electrons. The number of hydrogen-bond donors (Lipinski definition) is 1. The van der Waals surface area contributed by atoms with Gasteiger partial charge in [0.25, 0.3) is 0 Å². The highest BCUT2D eigenvalue weighted by Crippen LogP contribution is 2.36. The molecule has 0 saturated carbocycles. The summed E-state index contributed by atoms with van der Waals surface area (Å²) in [6, 6.07) is 8.47. The molecular weight excluding hydrogens is 252 g/mol. The first-order chi connectivity index (χ1) is 8.79. The summed E-state index contributed by atoms with van der Waals surface area (Å²) in [6.07, 6.45) is 0. The van der Waals surface area contributed by atoms with Crippen molar-refractivity contribution in [3.63, 3.8) is 0 Å². The number of benzene rings is 1. The first-order valence-electron chi connectivity index (χ1n) is 6.66. The molecule has 1 aromatic heterocycles. The summed E-state index contributed by atoms with van der Waals surface area (Å²) in [7, 11) is 0. The third-order valence-electron chi connectivity index (χ3n) is 3.05. The van der Waals surface area contributed by atoms with Gasteiger partial charge in [0.15, 0.2) is 0 Å². The minimum absolute atomic E-state index is 0.334. The number of thiazole rings is 1. The molecule has 0 bridgehead atoms. The Morgan fingerprint density at radius 2 is 1.95 bits per heavy atom. The molecule has 0 spiro atoms. The highest BCUT2D eigenvalue weighted by Gasteiger charge is 2.25. The van der Waals surface area contributed by atoms with Crippen molar-refractivity contribution in [3.8, 4) is 10.6 Å². The summed E-state index contributed by atoms with van der Waals surface area (Å²) in [6.45, 7) is 10.5. The minimum atomic E-state index is -0.334. The SMILES string of the molecule is Cc1cccc(-c2nc(C(C)C)c(C(C)(C)N)s2)c1. The molecule has 0 aliphatic carbocycles. The van der Waals surface area contributed by atoms with Gasteiger partial charge < -0.3 is 5.73 Å². The van der Waals surface area contributed by atoms with E-state index in [0.29, 0.717) is 5.92 Å². The summed E-state index contributed by atoms with van der Waals surface area (Å²) >= 11 is 1.72. The van der Waals surface area contributed by atoms with Crippen LogP contribution in [0.4, 0.5) is 0 Å². The molecule has 2 aromatic rings. The molecule has 102 valence electrons. The van der Waals surface area contributed by atoms with Crippen molar-refractivity contribution in [2.45, 2.75) is 46.1 Å². The first-order valence-corrected chi connectivity index (χ1v) is 7.48. The van der Waals surface area contributed by atoms with Crippen LogP contribution in [0.25, 0.3) is 10.6 Å². The van der Waals surface area contributed by atoms with Gasteiger partial charge in [-0.1, -0.05) is 37.6 Å². The van der Waals surface area contributed by atoms with Crippen LogP contribution >= 0.6 is 11.3 Å². The van der Waals surface area contributed by atoms with Gasteiger partial charge in [-0.2, -0.15) is 0 Å². The number of aryl methyl sites for hydroxylation is 1. The van der Waals surface area contributed by atoms with Crippen LogP contribution in [0, 0.1) is 6.92 Å². The first kappa shape index (κ1) is 14.2. The van der Waals surface area contributed by atoms with Crippen LogP contribution in [0.3, 0.4) is 0 Å². The Morgan fingerprint density at radius 1 is 1.26 bits per heavy atom. The van der Waals surface area contributed by atoms with Crippen molar-refractivity contribution < 1.29 is 0 Å². The maximum atomic E-state index is 6.29. The van der Waals surface area contributed by atoms with Crippen molar-refractivity contribution in [1.29, 1.82) is 0 Å². The molecule has 1 aromatic carbocycles. The van der Waals surface area contributed by atoms with Crippen LogP contribution in [0.5, 0.6) is 0 Å². The van der Waals surface area contributed by atoms with E-state index in [2.05, 4.69) is 45.0 Å². The summed E-state index contributed by atoms with van der Waals surface area (Å²) in [5.74, 6) is 0.396. The zero-order chi connectivity index (χ0) is 14.2. The third kappa shape index (κ3) is 3.04. The van der Waals surface area contributed by atoms with E-state index in [4.69, 9.17) is 10.7 Å². The lowest BCUT2D eigenvalue weighted by Gasteiger charge is -2.19. The second kappa shape index (κ2) is 5.06. The number of rotatable bonds is 3. The molecule has 0 unspecified atom stereocenters. The van der Waals surface area contributed by atoms with E-state index in [-0.39, 0.29) is 5.54 Å². The predicted octanol–water partition coefficient (Wildman–Crippen LogP) is 4.44. The second-order valence-electron chi connectivity index (χ2n) is 5.98. The molecule has 0 atom stereocenters. The van der Waals surface area contributed by atoms with Gasteiger partial charge in [-0.15, -0.1) is 11.3 Å². The van der Waals surface area contributed by atoms with E-state index in [1.54, 1.807) is 11.3 Å². The Hall–Kier alpha value is -1.19. The monoisotopic (exact) mass is 274 g/mol. The van der Waals surface area contributed by atoms with E-state index in [1.807, 2.05) is 13.8 Å². The van der Waals surface area contributed by atoms with E-state index < -0.39 is 0 Å². The van der Waals surface area contributed by atoms with Gasteiger partial charge in [-0.05, 0) is 32.8 Å². The van der Waals surface area contributed by atoms with Gasteiger partial charge in [-0.25, -0.2) is 4.98 Å². The molecule has 2 N–H and O–H groups in total. The molecule has 2 nitrogen and oxygen atoms in total. The Kier molecular flexibility index (Phi) is 3.79. The highest BCUT2D eigenvalue weighted by atomic mass is 32.1. The molecule has 1 heterocycles. The summed E-state index contributed by atoms with van der Waals surface area (Å²) in [5.41, 5.74) is 9.53. The summed E-state index contributed by atoms with van der Waals surface area (Å²) in [4.78, 5) is 6.02. The summed E-state index contributed by atoms with van der Waals surface area (Å²) in [5, 5.41) is 1.07. The van der Waals surface area contributed by atoms with Crippen LogP contribution in [0.1, 0.15) is 49.7 Å². The number of hydrogen-bond acceptors (Lipinski definition) is 3. The van der Waals surface area contributed by atoms with E-state index in [9.17, 15) is 0 Å². The van der Waals surface area contributed by atoms with E-state index in [1.165, 1.54) is 16.0 Å². The van der Waals surface area contributed by atoms with Gasteiger partial charge in [0.1, 0.15) is 5.01 Å². The average Bonchev–Trinajstić information content (AvgIpc) is 2.73. The molecule has 0 aliphatic rings. The highest BCUT2D eigenvalue weighted by molar-refractivity contribution is 7.15. The molecule has 0 fully saturated rings. The van der Waals surface area contributed by atoms with Crippen molar-refractivity contribution in [2.24, 2.45) is 5.73 Å². The molecule has 0 amide bonds. The zero-order valence-electron chi connectivity index (χ0n) is 12.3. The van der Waals surface area contributed by atoms with E-state index in [0.717, 1.165) is 10.7 Å². The standard InChI is InChI=1S/C16H22N2S/c1-10(2)13-14(16(4,5)17)19-15(18-13)12-8-6-7-11(3)9-12/h6-10H,17H2,1-5H3. The molecule has 3 heteroatoms. The van der Waals surface area contributed by atoms with Crippen LogP contribution in [0.15, 0.2) is 24.3 Å². The van der Waals surface area contributed by atoms with Gasteiger partial charge in [0.05, 0.1) is 5.69 Å².